The lowest BCUT2D eigenvalue weighted by Gasteiger charge is -2.34. The number of hydrogen-bond acceptors (Lipinski definition) is 1. The van der Waals surface area contributed by atoms with Gasteiger partial charge in [0.2, 0.25) is 0 Å². The van der Waals surface area contributed by atoms with E-state index in [0.29, 0.717) is 0 Å². The van der Waals surface area contributed by atoms with Crippen molar-refractivity contribution in [1.82, 2.24) is 0 Å². The molecule has 0 spiro atoms. The Bertz CT molecular complexity index is 939. The quantitative estimate of drug-likeness (QED) is 0.458. The molecule has 0 saturated heterocycles. The summed E-state index contributed by atoms with van der Waals surface area (Å²) in [5.41, 5.74) is 11.7. The molecular weight excluding hydrogens is 290 g/mol. The fraction of sp³-hybridized carbons (Fsp3) is 0.217. The number of anilines is 2. The number of hydrogen-bond donors (Lipinski definition) is 0. The highest BCUT2D eigenvalue weighted by atomic mass is 15.1. The Hall–Kier alpha value is -2.54. The van der Waals surface area contributed by atoms with Crippen LogP contribution >= 0.6 is 0 Å². The zero-order valence-electron chi connectivity index (χ0n) is 14.0. The summed E-state index contributed by atoms with van der Waals surface area (Å²) in [6.07, 6.45) is 3.28. The van der Waals surface area contributed by atoms with Crippen molar-refractivity contribution in [3.8, 4) is 11.1 Å². The fourth-order valence-electron chi connectivity index (χ4n) is 4.43. The summed E-state index contributed by atoms with van der Waals surface area (Å²) in [5.74, 6) is 0. The summed E-state index contributed by atoms with van der Waals surface area (Å²) in [4.78, 5) is 2.52. The van der Waals surface area contributed by atoms with Gasteiger partial charge in [-0.25, -0.2) is 0 Å². The lowest BCUT2D eigenvalue weighted by molar-refractivity contribution is 0.862. The van der Waals surface area contributed by atoms with Gasteiger partial charge in [-0.3, -0.25) is 0 Å². The van der Waals surface area contributed by atoms with Gasteiger partial charge in [-0.2, -0.15) is 0 Å². The van der Waals surface area contributed by atoms with Crippen LogP contribution < -0.4 is 4.90 Å². The second-order valence-electron chi connectivity index (χ2n) is 6.89. The summed E-state index contributed by atoms with van der Waals surface area (Å²) in [7, 11) is 0. The van der Waals surface area contributed by atoms with Crippen LogP contribution in [0.15, 0.2) is 60.7 Å². The van der Waals surface area contributed by atoms with E-state index >= 15 is 0 Å². The minimum Gasteiger partial charge on any atom is -0.341 e. The Balaban J connectivity index is 1.76. The molecule has 24 heavy (non-hydrogen) atoms. The van der Waals surface area contributed by atoms with Gasteiger partial charge in [0.1, 0.15) is 0 Å². The van der Waals surface area contributed by atoms with Crippen molar-refractivity contribution in [3.63, 3.8) is 0 Å². The van der Waals surface area contributed by atoms with E-state index in [2.05, 4.69) is 72.5 Å². The first-order valence-electron chi connectivity index (χ1n) is 8.95. The van der Waals surface area contributed by atoms with Crippen molar-refractivity contribution in [2.24, 2.45) is 0 Å². The van der Waals surface area contributed by atoms with E-state index in [1.807, 2.05) is 0 Å². The highest BCUT2D eigenvalue weighted by molar-refractivity contribution is 5.88. The molecule has 1 aliphatic carbocycles. The van der Waals surface area contributed by atoms with Crippen LogP contribution in [0.1, 0.15) is 35.6 Å². The van der Waals surface area contributed by atoms with Crippen LogP contribution in [0.4, 0.5) is 11.4 Å². The molecule has 2 aliphatic rings. The van der Waals surface area contributed by atoms with E-state index in [0.717, 1.165) is 25.8 Å². The van der Waals surface area contributed by atoms with Gasteiger partial charge in [-0.1, -0.05) is 55.5 Å². The third-order valence-corrected chi connectivity index (χ3v) is 5.43. The van der Waals surface area contributed by atoms with Gasteiger partial charge in [0.05, 0.1) is 0 Å². The number of benzene rings is 3. The van der Waals surface area contributed by atoms with Crippen molar-refractivity contribution < 1.29 is 0 Å². The van der Waals surface area contributed by atoms with Crippen LogP contribution in [0.3, 0.4) is 0 Å². The summed E-state index contributed by atoms with van der Waals surface area (Å²) in [6, 6.07) is 22.5. The highest BCUT2D eigenvalue weighted by Crippen LogP contribution is 2.47. The minimum atomic E-state index is 1.04. The van der Waals surface area contributed by atoms with Crippen LogP contribution in [0.25, 0.3) is 11.1 Å². The van der Waals surface area contributed by atoms with Gasteiger partial charge in [0.25, 0.3) is 0 Å². The van der Waals surface area contributed by atoms with E-state index in [9.17, 15) is 0 Å². The van der Waals surface area contributed by atoms with Gasteiger partial charge >= 0.3 is 0 Å². The molecule has 1 heterocycles. The lowest BCUT2D eigenvalue weighted by Crippen LogP contribution is -2.24. The van der Waals surface area contributed by atoms with Crippen molar-refractivity contribution >= 4 is 11.4 Å². The van der Waals surface area contributed by atoms with Crippen LogP contribution in [0.5, 0.6) is 0 Å². The predicted octanol–water partition coefficient (Wildman–Crippen LogP) is 5.71. The van der Waals surface area contributed by atoms with Crippen molar-refractivity contribution in [2.45, 2.75) is 26.2 Å². The molecule has 118 valence electrons. The SMILES string of the molecule is CCCN1c2ccccc2Cc2c1ccc1c2-c2ccccc2C1. The first-order valence-corrected chi connectivity index (χ1v) is 8.95. The molecule has 0 N–H and O–H groups in total. The summed E-state index contributed by atoms with van der Waals surface area (Å²) < 4.78 is 0. The molecule has 3 aromatic carbocycles. The lowest BCUT2D eigenvalue weighted by atomic mass is 9.88. The standard InChI is InChI=1S/C23H21N/c1-2-13-24-21-10-6-4-8-17(21)15-20-22(24)12-11-18-14-16-7-3-5-9-19(16)23(18)20/h3-12H,2,13-15H2,1H3. The molecule has 0 atom stereocenters. The molecule has 3 aromatic rings. The minimum absolute atomic E-state index is 1.04. The topological polar surface area (TPSA) is 3.24 Å². The third kappa shape index (κ3) is 1.88. The molecule has 0 unspecified atom stereocenters. The summed E-state index contributed by atoms with van der Waals surface area (Å²) >= 11 is 0. The van der Waals surface area contributed by atoms with Crippen LogP contribution in [0, 0.1) is 0 Å². The molecule has 0 saturated carbocycles. The van der Waals surface area contributed by atoms with E-state index in [1.165, 1.54) is 44.8 Å². The second-order valence-corrected chi connectivity index (χ2v) is 6.89. The molecule has 0 amide bonds. The molecule has 0 bridgehead atoms. The van der Waals surface area contributed by atoms with Gasteiger partial charge in [-0.15, -0.1) is 0 Å². The van der Waals surface area contributed by atoms with Gasteiger partial charge in [0.15, 0.2) is 0 Å². The maximum Gasteiger partial charge on any atom is 0.0453 e. The molecule has 0 aromatic heterocycles. The number of rotatable bonds is 2. The largest absolute Gasteiger partial charge is 0.341 e. The molecule has 1 heteroatoms. The van der Waals surface area contributed by atoms with Crippen LogP contribution in [-0.2, 0) is 12.8 Å². The average Bonchev–Trinajstić information content (AvgIpc) is 3.00. The van der Waals surface area contributed by atoms with E-state index in [4.69, 9.17) is 0 Å². The number of para-hydroxylation sites is 1. The number of nitrogens with zero attached hydrogens (tertiary/aromatic N) is 1. The molecular formula is C23H21N. The van der Waals surface area contributed by atoms with Gasteiger partial charge < -0.3 is 4.90 Å². The van der Waals surface area contributed by atoms with Crippen LogP contribution in [0.2, 0.25) is 0 Å². The van der Waals surface area contributed by atoms with Gasteiger partial charge in [0, 0.05) is 24.3 Å². The average molecular weight is 311 g/mol. The normalized spacial score (nSPS) is 14.0. The van der Waals surface area contributed by atoms with Crippen molar-refractivity contribution in [1.29, 1.82) is 0 Å². The monoisotopic (exact) mass is 311 g/mol. The molecule has 1 nitrogen and oxygen atoms in total. The third-order valence-electron chi connectivity index (χ3n) is 5.43. The zero-order valence-corrected chi connectivity index (χ0v) is 14.0. The Morgan fingerprint density at radius 3 is 2.42 bits per heavy atom. The Morgan fingerprint density at radius 2 is 1.54 bits per heavy atom. The first kappa shape index (κ1) is 13.9. The van der Waals surface area contributed by atoms with Gasteiger partial charge in [-0.05, 0) is 58.4 Å². The Morgan fingerprint density at radius 1 is 0.750 bits per heavy atom. The summed E-state index contributed by atoms with van der Waals surface area (Å²) in [5, 5.41) is 0. The van der Waals surface area contributed by atoms with Crippen molar-refractivity contribution in [3.05, 3.63) is 82.9 Å². The van der Waals surface area contributed by atoms with Crippen molar-refractivity contribution in [2.75, 3.05) is 11.4 Å². The first-order chi connectivity index (χ1) is 11.9. The summed E-state index contributed by atoms with van der Waals surface area (Å²) in [6.45, 7) is 3.34. The van der Waals surface area contributed by atoms with Crippen LogP contribution in [-0.4, -0.2) is 6.54 Å². The molecule has 0 fully saturated rings. The van der Waals surface area contributed by atoms with E-state index in [-0.39, 0.29) is 0 Å². The van der Waals surface area contributed by atoms with E-state index < -0.39 is 0 Å². The highest BCUT2D eigenvalue weighted by Gasteiger charge is 2.29. The fourth-order valence-corrected chi connectivity index (χ4v) is 4.43. The predicted molar refractivity (Wildman–Crippen MR) is 101 cm³/mol. The second kappa shape index (κ2) is 5.24. The molecule has 5 rings (SSSR count). The number of fused-ring (bicyclic) bond motifs is 6. The molecule has 1 aliphatic heterocycles. The Labute approximate surface area is 143 Å². The smallest absolute Gasteiger partial charge is 0.0453 e. The molecule has 0 radical (unpaired) electrons. The Kier molecular flexibility index (Phi) is 3.02. The zero-order chi connectivity index (χ0) is 16.1. The maximum absolute atomic E-state index is 2.52. The van der Waals surface area contributed by atoms with E-state index in [1.54, 1.807) is 0 Å². The maximum atomic E-state index is 2.52.